The van der Waals surface area contributed by atoms with Gasteiger partial charge in [-0.1, -0.05) is 24.3 Å². The van der Waals surface area contributed by atoms with Crippen LogP contribution in [0.25, 0.3) is 5.57 Å². The number of aliphatic hydroxyl groups excluding tert-OH is 1. The van der Waals surface area contributed by atoms with Crippen LogP contribution < -0.4 is 10.8 Å². The topological polar surface area (TPSA) is 74.6 Å². The van der Waals surface area contributed by atoms with Crippen molar-refractivity contribution < 1.29 is 14.4 Å². The molecular formula is C20H29BN2O3. The van der Waals surface area contributed by atoms with E-state index in [4.69, 9.17) is 14.7 Å². The highest BCUT2D eigenvalue weighted by molar-refractivity contribution is 6.62. The van der Waals surface area contributed by atoms with E-state index < -0.39 is 0 Å². The number of allylic oxidation sites excluding steroid dienone is 1. The Labute approximate surface area is 156 Å². The lowest BCUT2D eigenvalue weighted by Gasteiger charge is -2.32. The molecule has 26 heavy (non-hydrogen) atoms. The Bertz CT molecular complexity index is 669. The van der Waals surface area contributed by atoms with E-state index >= 15 is 0 Å². The highest BCUT2D eigenvalue weighted by Gasteiger charge is 2.51. The number of nitrogens with one attached hydrogen (secondary N) is 2. The van der Waals surface area contributed by atoms with Crippen molar-refractivity contribution >= 4 is 24.4 Å². The van der Waals surface area contributed by atoms with Gasteiger partial charge in [-0.25, -0.2) is 0 Å². The van der Waals surface area contributed by atoms with Crippen LogP contribution in [0.5, 0.6) is 0 Å². The lowest BCUT2D eigenvalue weighted by atomic mass is 9.78. The molecule has 0 amide bonds. The smallest absolute Gasteiger partial charge is 0.399 e. The van der Waals surface area contributed by atoms with Crippen LogP contribution in [0, 0.1) is 5.41 Å². The molecule has 0 spiro atoms. The molecule has 0 radical (unpaired) electrons. The van der Waals surface area contributed by atoms with Gasteiger partial charge in [-0.3, -0.25) is 0 Å². The molecule has 0 bridgehead atoms. The summed E-state index contributed by atoms with van der Waals surface area (Å²) in [5, 5.41) is 20.9. The Morgan fingerprint density at radius 2 is 1.77 bits per heavy atom. The van der Waals surface area contributed by atoms with E-state index in [1.54, 1.807) is 0 Å². The van der Waals surface area contributed by atoms with E-state index in [1.807, 2.05) is 58.2 Å². The Morgan fingerprint density at radius 1 is 1.15 bits per heavy atom. The van der Waals surface area contributed by atoms with Gasteiger partial charge in [0, 0.05) is 18.0 Å². The van der Waals surface area contributed by atoms with Crippen molar-refractivity contribution in [1.29, 1.82) is 5.41 Å². The maximum Gasteiger partial charge on any atom is 0.494 e. The van der Waals surface area contributed by atoms with Crippen LogP contribution >= 0.6 is 0 Å². The van der Waals surface area contributed by atoms with Gasteiger partial charge in [0.25, 0.3) is 0 Å². The molecule has 2 fully saturated rings. The van der Waals surface area contributed by atoms with Gasteiger partial charge in [-0.2, -0.15) is 0 Å². The predicted octanol–water partition coefficient (Wildman–Crippen LogP) is 2.48. The first-order valence-corrected chi connectivity index (χ1v) is 9.34. The second-order valence-electron chi connectivity index (χ2n) is 8.23. The van der Waals surface area contributed by atoms with Crippen LogP contribution in [0.4, 0.5) is 0 Å². The summed E-state index contributed by atoms with van der Waals surface area (Å²) in [7, 11) is -0.381. The van der Waals surface area contributed by atoms with Gasteiger partial charge in [0.2, 0.25) is 0 Å². The van der Waals surface area contributed by atoms with Crippen molar-refractivity contribution in [3.8, 4) is 0 Å². The molecule has 5 nitrogen and oxygen atoms in total. The van der Waals surface area contributed by atoms with Crippen molar-refractivity contribution in [3.63, 3.8) is 0 Å². The first-order chi connectivity index (χ1) is 12.2. The molecule has 2 aliphatic rings. The zero-order valence-electron chi connectivity index (χ0n) is 16.1. The largest absolute Gasteiger partial charge is 0.494 e. The number of hydrogen-bond donors (Lipinski definition) is 3. The van der Waals surface area contributed by atoms with Gasteiger partial charge in [-0.05, 0) is 58.0 Å². The van der Waals surface area contributed by atoms with Crippen LogP contribution in [0.1, 0.15) is 52.5 Å². The van der Waals surface area contributed by atoms with Crippen molar-refractivity contribution in [2.45, 2.75) is 70.3 Å². The van der Waals surface area contributed by atoms with Crippen LogP contribution in [0.3, 0.4) is 0 Å². The van der Waals surface area contributed by atoms with Gasteiger partial charge < -0.3 is 25.1 Å². The van der Waals surface area contributed by atoms with Crippen molar-refractivity contribution in [1.82, 2.24) is 5.32 Å². The Balaban J connectivity index is 1.71. The zero-order valence-corrected chi connectivity index (χ0v) is 16.1. The molecule has 0 unspecified atom stereocenters. The number of aliphatic hydroxyl groups is 1. The second kappa shape index (κ2) is 7.18. The molecule has 1 aliphatic carbocycles. The Morgan fingerprint density at radius 3 is 2.27 bits per heavy atom. The predicted molar refractivity (Wildman–Crippen MR) is 106 cm³/mol. The molecule has 6 heteroatoms. The average Bonchev–Trinajstić information content (AvgIpc) is 3.09. The van der Waals surface area contributed by atoms with Crippen LogP contribution in [0.2, 0.25) is 0 Å². The minimum Gasteiger partial charge on any atom is -0.399 e. The minimum atomic E-state index is -0.381. The summed E-state index contributed by atoms with van der Waals surface area (Å²) in [6, 6.07) is 8.00. The quantitative estimate of drug-likeness (QED) is 0.560. The third-order valence-corrected chi connectivity index (χ3v) is 5.86. The third-order valence-electron chi connectivity index (χ3n) is 5.86. The normalized spacial score (nSPS) is 27.6. The summed E-state index contributed by atoms with van der Waals surface area (Å²) in [4.78, 5) is 0. The summed E-state index contributed by atoms with van der Waals surface area (Å²) in [6.45, 7) is 8.17. The van der Waals surface area contributed by atoms with Gasteiger partial charge in [0.1, 0.15) is 0 Å². The lowest BCUT2D eigenvalue weighted by Crippen LogP contribution is -2.41. The van der Waals surface area contributed by atoms with E-state index in [1.165, 1.54) is 6.21 Å². The Kier molecular flexibility index (Phi) is 5.29. The molecule has 1 heterocycles. The summed E-state index contributed by atoms with van der Waals surface area (Å²) in [5.41, 5.74) is 1.98. The van der Waals surface area contributed by atoms with E-state index in [2.05, 4.69) is 5.32 Å². The molecule has 140 valence electrons. The fourth-order valence-corrected chi connectivity index (χ4v) is 3.35. The van der Waals surface area contributed by atoms with Crippen LogP contribution in [0.15, 0.2) is 30.5 Å². The van der Waals surface area contributed by atoms with E-state index in [0.717, 1.165) is 35.9 Å². The lowest BCUT2D eigenvalue weighted by molar-refractivity contribution is 0.00578. The van der Waals surface area contributed by atoms with Gasteiger partial charge in [-0.15, -0.1) is 0 Å². The summed E-state index contributed by atoms with van der Waals surface area (Å²) < 4.78 is 12.2. The fourth-order valence-electron chi connectivity index (χ4n) is 3.35. The van der Waals surface area contributed by atoms with Crippen molar-refractivity contribution in [2.24, 2.45) is 0 Å². The fraction of sp³-hybridized carbons (Fsp3) is 0.550. The standard InChI is InChI=1S/C20H29BN2O3/c1-19(2)20(3,4)26-21(25-19)16-10-8-14(9-11-16)15(12-22)13-23-17-6-5-7-18(17)24/h8-13,17-18,22-24H,5-7H2,1-4H3/b15-13+,22-12?/t17-,18-/m0/s1. The maximum atomic E-state index is 9.91. The molecular weight excluding hydrogens is 327 g/mol. The van der Waals surface area contributed by atoms with Crippen molar-refractivity contribution in [2.75, 3.05) is 0 Å². The van der Waals surface area contributed by atoms with E-state index in [-0.39, 0.29) is 30.5 Å². The summed E-state index contributed by atoms with van der Waals surface area (Å²) in [6.07, 6.45) is 5.70. The zero-order chi connectivity index (χ0) is 18.9. The highest BCUT2D eigenvalue weighted by Crippen LogP contribution is 2.36. The minimum absolute atomic E-state index is 0.0778. The first kappa shape index (κ1) is 19.1. The molecule has 1 aromatic carbocycles. The molecule has 1 saturated carbocycles. The molecule has 0 aromatic heterocycles. The molecule has 3 N–H and O–H groups in total. The third kappa shape index (κ3) is 3.73. The van der Waals surface area contributed by atoms with Gasteiger partial charge in [0.15, 0.2) is 0 Å². The Hall–Kier alpha value is -1.63. The van der Waals surface area contributed by atoms with E-state index in [0.29, 0.717) is 0 Å². The number of benzene rings is 1. The average molecular weight is 356 g/mol. The van der Waals surface area contributed by atoms with Crippen LogP contribution in [-0.2, 0) is 9.31 Å². The highest BCUT2D eigenvalue weighted by atomic mass is 16.7. The molecule has 3 rings (SSSR count). The molecule has 1 aliphatic heterocycles. The van der Waals surface area contributed by atoms with Gasteiger partial charge >= 0.3 is 7.12 Å². The number of rotatable bonds is 5. The maximum absolute atomic E-state index is 9.91. The SMILES string of the molecule is CC1(C)OB(c2ccc(/C(C=N)=C/N[C@H]3CCC[C@@H]3O)cc2)OC1(C)C. The van der Waals surface area contributed by atoms with Crippen molar-refractivity contribution in [3.05, 3.63) is 36.0 Å². The van der Waals surface area contributed by atoms with Crippen LogP contribution in [-0.4, -0.2) is 41.8 Å². The molecule has 1 aromatic rings. The summed E-state index contributed by atoms with van der Waals surface area (Å²) >= 11 is 0. The molecule has 2 atom stereocenters. The number of hydrogen-bond acceptors (Lipinski definition) is 5. The first-order valence-electron chi connectivity index (χ1n) is 9.34. The second-order valence-corrected chi connectivity index (χ2v) is 8.23. The molecule has 1 saturated heterocycles. The van der Waals surface area contributed by atoms with E-state index in [9.17, 15) is 5.11 Å². The summed E-state index contributed by atoms with van der Waals surface area (Å²) in [5.74, 6) is 0. The van der Waals surface area contributed by atoms with Gasteiger partial charge in [0.05, 0.1) is 23.3 Å². The monoisotopic (exact) mass is 356 g/mol.